The Labute approximate surface area is 137 Å². The summed E-state index contributed by atoms with van der Waals surface area (Å²) < 4.78 is 6.52. The standard InChI is InChI=1S/C16H19N5O3/c1-9(6-12-7-10(2)19-20-12)17-15(22)18-11-4-5-13-14(8-11)24-16(23)21(13)3/h4-5,7-9H,6H2,1-3H3,(H,19,20)(H2,17,18,22). The number of nitrogens with one attached hydrogen (secondary N) is 3. The highest BCUT2D eigenvalue weighted by Crippen LogP contribution is 2.17. The quantitative estimate of drug-likeness (QED) is 0.680. The number of H-pyrrole nitrogens is 1. The molecule has 0 fully saturated rings. The molecular weight excluding hydrogens is 310 g/mol. The van der Waals surface area contributed by atoms with Gasteiger partial charge < -0.3 is 15.1 Å². The molecule has 0 aliphatic carbocycles. The van der Waals surface area contributed by atoms with Gasteiger partial charge in [-0.3, -0.25) is 9.67 Å². The third-order valence-corrected chi connectivity index (χ3v) is 3.70. The number of aromatic amines is 1. The lowest BCUT2D eigenvalue weighted by Crippen LogP contribution is -2.37. The van der Waals surface area contributed by atoms with Crippen molar-refractivity contribution in [1.82, 2.24) is 20.1 Å². The van der Waals surface area contributed by atoms with E-state index in [9.17, 15) is 9.59 Å². The Morgan fingerprint density at radius 3 is 2.92 bits per heavy atom. The van der Waals surface area contributed by atoms with Crippen LogP contribution < -0.4 is 16.4 Å². The number of aryl methyl sites for hydroxylation is 2. The van der Waals surface area contributed by atoms with Gasteiger partial charge in [-0.15, -0.1) is 0 Å². The first kappa shape index (κ1) is 15.9. The molecule has 2 aromatic heterocycles. The Bertz CT molecular complexity index is 937. The number of oxazole rings is 1. The van der Waals surface area contributed by atoms with Crippen LogP contribution in [-0.4, -0.2) is 26.8 Å². The Morgan fingerprint density at radius 2 is 2.21 bits per heavy atom. The molecule has 3 rings (SSSR count). The molecule has 0 radical (unpaired) electrons. The number of urea groups is 1. The van der Waals surface area contributed by atoms with Crippen LogP contribution in [-0.2, 0) is 13.5 Å². The van der Waals surface area contributed by atoms with Crippen LogP contribution in [0.4, 0.5) is 10.5 Å². The van der Waals surface area contributed by atoms with Crippen LogP contribution in [0.15, 0.2) is 33.5 Å². The lowest BCUT2D eigenvalue weighted by Gasteiger charge is -2.13. The summed E-state index contributed by atoms with van der Waals surface area (Å²) in [6.07, 6.45) is 0.629. The predicted molar refractivity (Wildman–Crippen MR) is 90.1 cm³/mol. The van der Waals surface area contributed by atoms with E-state index in [0.717, 1.165) is 11.4 Å². The molecule has 1 unspecified atom stereocenters. The predicted octanol–water partition coefficient (Wildman–Crippen LogP) is 1.92. The molecule has 0 aliphatic heterocycles. The molecule has 3 aromatic rings. The summed E-state index contributed by atoms with van der Waals surface area (Å²) in [4.78, 5) is 23.6. The van der Waals surface area contributed by atoms with Gasteiger partial charge in [0.1, 0.15) is 0 Å². The molecule has 3 N–H and O–H groups in total. The highest BCUT2D eigenvalue weighted by atomic mass is 16.4. The van der Waals surface area contributed by atoms with Crippen molar-refractivity contribution < 1.29 is 9.21 Å². The molecule has 1 aromatic carbocycles. The smallest absolute Gasteiger partial charge is 0.408 e. The summed E-state index contributed by atoms with van der Waals surface area (Å²) in [6.45, 7) is 3.84. The van der Waals surface area contributed by atoms with Gasteiger partial charge >= 0.3 is 11.8 Å². The van der Waals surface area contributed by atoms with Crippen molar-refractivity contribution in [2.45, 2.75) is 26.3 Å². The summed E-state index contributed by atoms with van der Waals surface area (Å²) >= 11 is 0. The molecule has 2 amide bonds. The Balaban J connectivity index is 1.63. The van der Waals surface area contributed by atoms with Gasteiger partial charge in [0.25, 0.3) is 0 Å². The SMILES string of the molecule is Cc1cc(CC(C)NC(=O)Nc2ccc3c(c2)oc(=O)n3C)n[nH]1. The van der Waals surface area contributed by atoms with E-state index < -0.39 is 5.76 Å². The zero-order chi connectivity index (χ0) is 17.3. The van der Waals surface area contributed by atoms with Crippen molar-refractivity contribution in [3.63, 3.8) is 0 Å². The highest BCUT2D eigenvalue weighted by molar-refractivity contribution is 5.91. The van der Waals surface area contributed by atoms with Gasteiger partial charge in [0.2, 0.25) is 0 Å². The first-order valence-electron chi connectivity index (χ1n) is 7.60. The summed E-state index contributed by atoms with van der Waals surface area (Å²) in [5, 5.41) is 12.6. The largest absolute Gasteiger partial charge is 0.419 e. The molecule has 8 nitrogen and oxygen atoms in total. The highest BCUT2D eigenvalue weighted by Gasteiger charge is 2.11. The number of carbonyl (C=O) groups excluding carboxylic acids is 1. The fraction of sp³-hybridized carbons (Fsp3) is 0.312. The molecule has 24 heavy (non-hydrogen) atoms. The second-order valence-corrected chi connectivity index (χ2v) is 5.86. The van der Waals surface area contributed by atoms with E-state index in [1.165, 1.54) is 4.57 Å². The second-order valence-electron chi connectivity index (χ2n) is 5.86. The lowest BCUT2D eigenvalue weighted by molar-refractivity contribution is 0.249. The van der Waals surface area contributed by atoms with Gasteiger partial charge in [0.05, 0.1) is 11.2 Å². The second kappa shape index (κ2) is 6.23. The van der Waals surface area contributed by atoms with Crippen molar-refractivity contribution in [2.24, 2.45) is 7.05 Å². The van der Waals surface area contributed by atoms with Crippen LogP contribution >= 0.6 is 0 Å². The van der Waals surface area contributed by atoms with Crippen molar-refractivity contribution in [2.75, 3.05) is 5.32 Å². The molecule has 1 atom stereocenters. The van der Waals surface area contributed by atoms with E-state index in [1.54, 1.807) is 25.2 Å². The maximum absolute atomic E-state index is 12.1. The monoisotopic (exact) mass is 329 g/mol. The van der Waals surface area contributed by atoms with Crippen LogP contribution in [0, 0.1) is 6.92 Å². The molecule has 0 aliphatic rings. The van der Waals surface area contributed by atoms with E-state index in [1.807, 2.05) is 19.9 Å². The van der Waals surface area contributed by atoms with Gasteiger partial charge in [-0.1, -0.05) is 0 Å². The number of anilines is 1. The molecule has 0 spiro atoms. The third kappa shape index (κ3) is 3.32. The van der Waals surface area contributed by atoms with Gasteiger partial charge in [-0.05, 0) is 32.0 Å². The fourth-order valence-electron chi connectivity index (χ4n) is 2.55. The molecule has 126 valence electrons. The number of carbonyl (C=O) groups is 1. The van der Waals surface area contributed by atoms with Crippen molar-refractivity contribution in [1.29, 1.82) is 0 Å². The van der Waals surface area contributed by atoms with Crippen molar-refractivity contribution in [3.8, 4) is 0 Å². The van der Waals surface area contributed by atoms with E-state index in [0.29, 0.717) is 23.2 Å². The Kier molecular flexibility index (Phi) is 4.11. The van der Waals surface area contributed by atoms with Gasteiger partial charge in [0.15, 0.2) is 5.58 Å². The van der Waals surface area contributed by atoms with Gasteiger partial charge in [-0.2, -0.15) is 5.10 Å². The average molecular weight is 329 g/mol. The number of aromatic nitrogens is 3. The minimum atomic E-state index is -0.436. The molecule has 0 bridgehead atoms. The minimum Gasteiger partial charge on any atom is -0.408 e. The van der Waals surface area contributed by atoms with E-state index in [-0.39, 0.29) is 12.1 Å². The normalized spacial score (nSPS) is 12.3. The number of fused-ring (bicyclic) bond motifs is 1. The van der Waals surface area contributed by atoms with E-state index >= 15 is 0 Å². The van der Waals surface area contributed by atoms with Crippen molar-refractivity contribution in [3.05, 3.63) is 46.2 Å². The van der Waals surface area contributed by atoms with Crippen LogP contribution in [0.1, 0.15) is 18.3 Å². The van der Waals surface area contributed by atoms with E-state index in [4.69, 9.17) is 4.42 Å². The molecular formula is C16H19N5O3. The summed E-state index contributed by atoms with van der Waals surface area (Å²) in [5.41, 5.74) is 3.54. The maximum atomic E-state index is 12.1. The first-order valence-corrected chi connectivity index (χ1v) is 7.60. The van der Waals surface area contributed by atoms with Crippen LogP contribution in [0.5, 0.6) is 0 Å². The number of hydrogen-bond donors (Lipinski definition) is 3. The van der Waals surface area contributed by atoms with Gasteiger partial charge in [0, 0.05) is 37.0 Å². The van der Waals surface area contributed by atoms with Crippen LogP contribution in [0.25, 0.3) is 11.1 Å². The topological polar surface area (TPSA) is 105 Å². The molecule has 2 heterocycles. The number of amides is 2. The maximum Gasteiger partial charge on any atom is 0.419 e. The Hall–Kier alpha value is -3.03. The Morgan fingerprint density at radius 1 is 1.42 bits per heavy atom. The molecule has 0 saturated carbocycles. The zero-order valence-electron chi connectivity index (χ0n) is 13.7. The molecule has 0 saturated heterocycles. The van der Waals surface area contributed by atoms with Crippen molar-refractivity contribution >= 4 is 22.8 Å². The van der Waals surface area contributed by atoms with Gasteiger partial charge in [-0.25, -0.2) is 9.59 Å². The summed E-state index contributed by atoms with van der Waals surface area (Å²) in [7, 11) is 1.63. The first-order chi connectivity index (χ1) is 11.4. The third-order valence-electron chi connectivity index (χ3n) is 3.70. The number of nitrogens with zero attached hydrogens (tertiary/aromatic N) is 2. The lowest BCUT2D eigenvalue weighted by atomic mass is 10.2. The summed E-state index contributed by atoms with van der Waals surface area (Å²) in [6, 6.07) is 6.61. The number of hydrogen-bond acceptors (Lipinski definition) is 4. The average Bonchev–Trinajstić information content (AvgIpc) is 3.02. The van der Waals surface area contributed by atoms with E-state index in [2.05, 4.69) is 20.8 Å². The van der Waals surface area contributed by atoms with Crippen LogP contribution in [0.2, 0.25) is 0 Å². The fourth-order valence-corrected chi connectivity index (χ4v) is 2.55. The number of benzene rings is 1. The summed E-state index contributed by atoms with van der Waals surface area (Å²) in [5.74, 6) is -0.436. The van der Waals surface area contributed by atoms with Crippen LogP contribution in [0.3, 0.4) is 0 Å². The molecule has 8 heteroatoms. The minimum absolute atomic E-state index is 0.0777. The number of rotatable bonds is 4. The zero-order valence-corrected chi connectivity index (χ0v) is 13.7.